The van der Waals surface area contributed by atoms with E-state index in [-0.39, 0.29) is 29.9 Å². The number of hydrogen-bond donors (Lipinski definition) is 2. The molecule has 0 aliphatic rings. The molecule has 0 aliphatic carbocycles. The summed E-state index contributed by atoms with van der Waals surface area (Å²) in [6.07, 6.45) is 4.25. The number of hydrogen-bond acceptors (Lipinski definition) is 3. The molecule has 28 heavy (non-hydrogen) atoms. The van der Waals surface area contributed by atoms with Gasteiger partial charge in [-0.05, 0) is 36.6 Å². The highest BCUT2D eigenvalue weighted by Crippen LogP contribution is 2.07. The molecular weight excluding hydrogens is 465 g/mol. The molecule has 0 saturated heterocycles. The van der Waals surface area contributed by atoms with Crippen molar-refractivity contribution in [3.8, 4) is 0 Å². The van der Waals surface area contributed by atoms with Gasteiger partial charge in [0.15, 0.2) is 5.96 Å². The summed E-state index contributed by atoms with van der Waals surface area (Å²) in [6, 6.07) is 12.1. The number of halogens is 1. The molecule has 7 heteroatoms. The summed E-state index contributed by atoms with van der Waals surface area (Å²) in [5.74, 6) is 0.695. The van der Waals surface area contributed by atoms with E-state index < -0.39 is 0 Å². The summed E-state index contributed by atoms with van der Waals surface area (Å²) in [4.78, 5) is 22.7. The second-order valence-corrected chi connectivity index (χ2v) is 6.26. The monoisotopic (exact) mass is 495 g/mol. The molecule has 0 unspecified atom stereocenters. The van der Waals surface area contributed by atoms with Gasteiger partial charge in [-0.3, -0.25) is 14.8 Å². The van der Waals surface area contributed by atoms with Crippen molar-refractivity contribution in [2.75, 3.05) is 26.7 Å². The van der Waals surface area contributed by atoms with E-state index in [0.29, 0.717) is 18.7 Å². The Hall–Kier alpha value is -2.16. The normalized spacial score (nSPS) is 10.8. The molecule has 1 aromatic carbocycles. The Morgan fingerprint density at radius 2 is 1.82 bits per heavy atom. The van der Waals surface area contributed by atoms with Gasteiger partial charge in [0.2, 0.25) is 0 Å². The van der Waals surface area contributed by atoms with Crippen LogP contribution in [0.25, 0.3) is 0 Å². The summed E-state index contributed by atoms with van der Waals surface area (Å²) < 4.78 is 0. The van der Waals surface area contributed by atoms with Crippen molar-refractivity contribution in [2.24, 2.45) is 4.99 Å². The van der Waals surface area contributed by atoms with Crippen molar-refractivity contribution in [1.29, 1.82) is 0 Å². The number of amides is 1. The van der Waals surface area contributed by atoms with Gasteiger partial charge in [-0.1, -0.05) is 31.2 Å². The van der Waals surface area contributed by atoms with Gasteiger partial charge >= 0.3 is 0 Å². The second-order valence-electron chi connectivity index (χ2n) is 6.26. The van der Waals surface area contributed by atoms with E-state index in [1.165, 1.54) is 11.1 Å². The van der Waals surface area contributed by atoms with E-state index >= 15 is 0 Å². The van der Waals surface area contributed by atoms with E-state index in [2.05, 4.69) is 56.7 Å². The van der Waals surface area contributed by atoms with Crippen LogP contribution in [0, 0.1) is 0 Å². The summed E-state index contributed by atoms with van der Waals surface area (Å²) in [6.45, 7) is 6.75. The van der Waals surface area contributed by atoms with Gasteiger partial charge < -0.3 is 15.5 Å². The van der Waals surface area contributed by atoms with Crippen LogP contribution >= 0.6 is 24.0 Å². The Bertz CT molecular complexity index is 734. The maximum absolute atomic E-state index is 12.0. The first kappa shape index (κ1) is 23.9. The summed E-state index contributed by atoms with van der Waals surface area (Å²) in [5, 5.41) is 6.16. The van der Waals surface area contributed by atoms with Crippen molar-refractivity contribution in [3.05, 3.63) is 65.5 Å². The highest BCUT2D eigenvalue weighted by atomic mass is 127. The van der Waals surface area contributed by atoms with Gasteiger partial charge in [0.1, 0.15) is 0 Å². The minimum absolute atomic E-state index is 0. The molecular formula is C21H30IN5O. The molecule has 2 aromatic rings. The van der Waals surface area contributed by atoms with E-state index in [9.17, 15) is 4.79 Å². The third-order valence-corrected chi connectivity index (χ3v) is 4.13. The first-order valence-corrected chi connectivity index (χ1v) is 9.39. The smallest absolute Gasteiger partial charge is 0.252 e. The number of aromatic nitrogens is 1. The topological polar surface area (TPSA) is 69.6 Å². The Labute approximate surface area is 184 Å². The van der Waals surface area contributed by atoms with Crippen LogP contribution in [-0.4, -0.2) is 48.4 Å². The lowest BCUT2D eigenvalue weighted by Crippen LogP contribution is -2.39. The van der Waals surface area contributed by atoms with Gasteiger partial charge in [0, 0.05) is 39.1 Å². The van der Waals surface area contributed by atoms with Crippen molar-refractivity contribution in [1.82, 2.24) is 20.5 Å². The van der Waals surface area contributed by atoms with E-state index in [1.807, 2.05) is 14.0 Å². The Morgan fingerprint density at radius 3 is 2.43 bits per heavy atom. The van der Waals surface area contributed by atoms with Crippen LogP contribution in [0.2, 0.25) is 0 Å². The zero-order valence-corrected chi connectivity index (χ0v) is 19.1. The van der Waals surface area contributed by atoms with Crippen molar-refractivity contribution < 1.29 is 4.79 Å². The Morgan fingerprint density at radius 1 is 1.11 bits per heavy atom. The SMILES string of the molecule is CCNC(=NCCNC(=O)c1cccnc1)N(C)Cc1ccc(CC)cc1.I. The predicted octanol–water partition coefficient (Wildman–Crippen LogP) is 3.09. The largest absolute Gasteiger partial charge is 0.357 e. The van der Waals surface area contributed by atoms with Crippen molar-refractivity contribution in [3.63, 3.8) is 0 Å². The van der Waals surface area contributed by atoms with Gasteiger partial charge in [-0.15, -0.1) is 24.0 Å². The number of aryl methyl sites for hydroxylation is 1. The molecule has 0 bridgehead atoms. The number of nitrogens with zero attached hydrogens (tertiary/aromatic N) is 3. The van der Waals surface area contributed by atoms with Crippen LogP contribution in [-0.2, 0) is 13.0 Å². The molecule has 2 N–H and O–H groups in total. The Kier molecular flexibility index (Phi) is 11.2. The number of carbonyl (C=O) groups excluding carboxylic acids is 1. The second kappa shape index (κ2) is 13.1. The highest BCUT2D eigenvalue weighted by molar-refractivity contribution is 14.0. The van der Waals surface area contributed by atoms with Gasteiger partial charge in [0.05, 0.1) is 12.1 Å². The average molecular weight is 495 g/mol. The van der Waals surface area contributed by atoms with Gasteiger partial charge in [-0.2, -0.15) is 0 Å². The third kappa shape index (κ3) is 7.84. The maximum atomic E-state index is 12.0. The molecule has 0 radical (unpaired) electrons. The number of guanidine groups is 1. The number of benzene rings is 1. The quantitative estimate of drug-likeness (QED) is 0.256. The van der Waals surface area contributed by atoms with Crippen LogP contribution < -0.4 is 10.6 Å². The minimum Gasteiger partial charge on any atom is -0.357 e. The van der Waals surface area contributed by atoms with Crippen LogP contribution in [0.3, 0.4) is 0 Å². The van der Waals surface area contributed by atoms with Crippen LogP contribution in [0.5, 0.6) is 0 Å². The molecule has 152 valence electrons. The van der Waals surface area contributed by atoms with E-state index in [1.54, 1.807) is 24.5 Å². The van der Waals surface area contributed by atoms with Crippen molar-refractivity contribution in [2.45, 2.75) is 26.8 Å². The van der Waals surface area contributed by atoms with Gasteiger partial charge in [-0.25, -0.2) is 0 Å². The summed E-state index contributed by atoms with van der Waals surface area (Å²) >= 11 is 0. The van der Waals surface area contributed by atoms with Crippen LogP contribution in [0.4, 0.5) is 0 Å². The van der Waals surface area contributed by atoms with Crippen molar-refractivity contribution >= 4 is 35.8 Å². The summed E-state index contributed by atoms with van der Waals surface area (Å²) in [5.41, 5.74) is 3.14. The molecule has 0 spiro atoms. The predicted molar refractivity (Wildman–Crippen MR) is 125 cm³/mol. The molecule has 0 atom stereocenters. The summed E-state index contributed by atoms with van der Waals surface area (Å²) in [7, 11) is 2.02. The molecule has 0 fully saturated rings. The first-order valence-electron chi connectivity index (χ1n) is 9.39. The Balaban J connectivity index is 0.00000392. The lowest BCUT2D eigenvalue weighted by Gasteiger charge is -2.22. The van der Waals surface area contributed by atoms with Crippen LogP contribution in [0.1, 0.15) is 35.3 Å². The maximum Gasteiger partial charge on any atom is 0.252 e. The molecule has 1 heterocycles. The fourth-order valence-electron chi connectivity index (χ4n) is 2.63. The fraction of sp³-hybridized carbons (Fsp3) is 0.381. The molecule has 0 saturated carbocycles. The van der Waals surface area contributed by atoms with Crippen LogP contribution in [0.15, 0.2) is 53.8 Å². The highest BCUT2D eigenvalue weighted by Gasteiger charge is 2.07. The lowest BCUT2D eigenvalue weighted by molar-refractivity contribution is 0.0954. The number of nitrogens with one attached hydrogen (secondary N) is 2. The molecule has 0 aliphatic heterocycles. The number of aliphatic imine (C=N–C) groups is 1. The zero-order valence-electron chi connectivity index (χ0n) is 16.8. The standard InChI is InChI=1S/C21H29N5O.HI/c1-4-17-8-10-18(11-9-17)16-26(3)21(23-5-2)25-14-13-24-20(27)19-7-6-12-22-15-19;/h6-12,15H,4-5,13-14,16H2,1-3H3,(H,23,25)(H,24,27);1H. The zero-order chi connectivity index (χ0) is 19.5. The lowest BCUT2D eigenvalue weighted by atomic mass is 10.1. The third-order valence-electron chi connectivity index (χ3n) is 4.13. The number of pyridine rings is 1. The average Bonchev–Trinajstić information content (AvgIpc) is 2.71. The molecule has 1 aromatic heterocycles. The number of rotatable bonds is 8. The molecule has 6 nitrogen and oxygen atoms in total. The first-order chi connectivity index (χ1) is 13.1. The van der Waals surface area contributed by atoms with Gasteiger partial charge in [0.25, 0.3) is 5.91 Å². The fourth-order valence-corrected chi connectivity index (χ4v) is 2.63. The number of carbonyl (C=O) groups is 1. The molecule has 1 amide bonds. The minimum atomic E-state index is -0.132. The van der Waals surface area contributed by atoms with E-state index in [4.69, 9.17) is 0 Å². The van der Waals surface area contributed by atoms with E-state index in [0.717, 1.165) is 25.5 Å². The molecule has 2 rings (SSSR count).